The Morgan fingerprint density at radius 2 is 1.83 bits per heavy atom. The number of aliphatic hydroxyl groups excluding tert-OH is 2. The number of nitrogens with two attached hydrogens (primary N) is 2. The van der Waals surface area contributed by atoms with Crippen molar-refractivity contribution in [3.63, 3.8) is 0 Å². The minimum absolute atomic E-state index is 0.112. The van der Waals surface area contributed by atoms with E-state index in [1.807, 2.05) is 0 Å². The zero-order valence-corrected chi connectivity index (χ0v) is 7.45. The van der Waals surface area contributed by atoms with Crippen molar-refractivity contribution in [3.8, 4) is 0 Å². The highest BCUT2D eigenvalue weighted by atomic mass is 16.3. The first kappa shape index (κ1) is 11.8. The van der Waals surface area contributed by atoms with Crippen LogP contribution >= 0.6 is 0 Å². The monoisotopic (exact) mass is 176 g/mol. The van der Waals surface area contributed by atoms with E-state index in [0.29, 0.717) is 19.4 Å². The molecule has 6 N–H and O–H groups in total. The third-order valence-corrected chi connectivity index (χ3v) is 1.89. The first-order valence-electron chi connectivity index (χ1n) is 4.47. The topological polar surface area (TPSA) is 92.5 Å². The van der Waals surface area contributed by atoms with Crippen LogP contribution in [0.15, 0.2) is 0 Å². The normalized spacial score (nSPS) is 16.0. The Hall–Kier alpha value is -0.160. The van der Waals surface area contributed by atoms with Crippen LogP contribution < -0.4 is 11.5 Å². The first-order valence-corrected chi connectivity index (χ1v) is 4.47. The second-order valence-corrected chi connectivity index (χ2v) is 3.03. The molecule has 0 saturated heterocycles. The van der Waals surface area contributed by atoms with Gasteiger partial charge in [-0.05, 0) is 32.2 Å². The fourth-order valence-corrected chi connectivity index (χ4v) is 1.06. The van der Waals surface area contributed by atoms with Gasteiger partial charge in [0, 0.05) is 12.6 Å². The third kappa shape index (κ3) is 5.49. The fourth-order valence-electron chi connectivity index (χ4n) is 1.06. The maximum atomic E-state index is 9.40. The highest BCUT2D eigenvalue weighted by molar-refractivity contribution is 4.71. The van der Waals surface area contributed by atoms with Gasteiger partial charge in [0.15, 0.2) is 0 Å². The summed E-state index contributed by atoms with van der Waals surface area (Å²) in [6.45, 7) is 0.723. The van der Waals surface area contributed by atoms with Crippen molar-refractivity contribution in [3.05, 3.63) is 0 Å². The first-order chi connectivity index (χ1) is 5.72. The lowest BCUT2D eigenvalue weighted by Gasteiger charge is -2.17. The molecular formula is C8H20N2O2. The summed E-state index contributed by atoms with van der Waals surface area (Å²) in [5.41, 5.74) is 11.0. The summed E-state index contributed by atoms with van der Waals surface area (Å²) < 4.78 is 0. The number of rotatable bonds is 7. The van der Waals surface area contributed by atoms with Crippen molar-refractivity contribution in [2.75, 3.05) is 13.2 Å². The zero-order chi connectivity index (χ0) is 9.40. The number of aliphatic hydroxyl groups is 2. The summed E-state index contributed by atoms with van der Waals surface area (Å²) in [5, 5.41) is 17.9. The minimum atomic E-state index is -0.497. The fraction of sp³-hybridized carbons (Fsp3) is 1.00. The lowest BCUT2D eigenvalue weighted by atomic mass is 10.0. The van der Waals surface area contributed by atoms with E-state index >= 15 is 0 Å². The van der Waals surface area contributed by atoms with Crippen LogP contribution in [-0.4, -0.2) is 35.5 Å². The van der Waals surface area contributed by atoms with Gasteiger partial charge in [-0.1, -0.05) is 0 Å². The van der Waals surface area contributed by atoms with Crippen LogP contribution in [0.5, 0.6) is 0 Å². The summed E-state index contributed by atoms with van der Waals surface area (Å²) in [6.07, 6.45) is 2.28. The zero-order valence-electron chi connectivity index (χ0n) is 7.45. The van der Waals surface area contributed by atoms with Crippen molar-refractivity contribution >= 4 is 0 Å². The van der Waals surface area contributed by atoms with E-state index < -0.39 is 6.10 Å². The maximum absolute atomic E-state index is 9.40. The average Bonchev–Trinajstić information content (AvgIpc) is 2.10. The van der Waals surface area contributed by atoms with E-state index in [9.17, 15) is 5.11 Å². The van der Waals surface area contributed by atoms with Gasteiger partial charge in [-0.2, -0.15) is 0 Å². The Morgan fingerprint density at radius 1 is 1.17 bits per heavy atom. The maximum Gasteiger partial charge on any atom is 0.0691 e. The standard InChI is InChI=1S/C8H20N2O2/c9-5-1-3-7(10)8(12)4-2-6-11/h7-8,11-12H,1-6,9-10H2. The van der Waals surface area contributed by atoms with Crippen molar-refractivity contribution < 1.29 is 10.2 Å². The predicted octanol–water partition coefficient (Wildman–Crippen LogP) is -0.814. The van der Waals surface area contributed by atoms with Gasteiger partial charge in [0.25, 0.3) is 0 Å². The Bertz CT molecular complexity index is 89.1. The van der Waals surface area contributed by atoms with Gasteiger partial charge >= 0.3 is 0 Å². The molecule has 0 aromatic carbocycles. The highest BCUT2D eigenvalue weighted by Crippen LogP contribution is 2.04. The van der Waals surface area contributed by atoms with E-state index in [1.54, 1.807) is 0 Å². The molecule has 0 aromatic heterocycles. The van der Waals surface area contributed by atoms with Gasteiger partial charge in [0.2, 0.25) is 0 Å². The van der Waals surface area contributed by atoms with Crippen LogP contribution in [0.2, 0.25) is 0 Å². The summed E-state index contributed by atoms with van der Waals surface area (Å²) in [5.74, 6) is 0. The molecule has 0 fully saturated rings. The quantitative estimate of drug-likeness (QED) is 0.408. The molecule has 0 aliphatic heterocycles. The van der Waals surface area contributed by atoms with Gasteiger partial charge in [0.05, 0.1) is 6.10 Å². The van der Waals surface area contributed by atoms with E-state index in [0.717, 1.165) is 12.8 Å². The van der Waals surface area contributed by atoms with Crippen molar-refractivity contribution in [1.29, 1.82) is 0 Å². The van der Waals surface area contributed by atoms with Gasteiger partial charge in [-0.15, -0.1) is 0 Å². The smallest absolute Gasteiger partial charge is 0.0691 e. The summed E-state index contributed by atoms with van der Waals surface area (Å²) in [6, 6.07) is -0.194. The second-order valence-electron chi connectivity index (χ2n) is 3.03. The van der Waals surface area contributed by atoms with Gasteiger partial charge < -0.3 is 21.7 Å². The molecule has 0 spiro atoms. The van der Waals surface area contributed by atoms with Gasteiger partial charge in [-0.3, -0.25) is 0 Å². The molecule has 0 bridgehead atoms. The number of hydrogen-bond donors (Lipinski definition) is 4. The van der Waals surface area contributed by atoms with Crippen molar-refractivity contribution in [2.45, 2.75) is 37.8 Å². The summed E-state index contributed by atoms with van der Waals surface area (Å²) in [7, 11) is 0. The molecule has 12 heavy (non-hydrogen) atoms. The molecule has 0 heterocycles. The van der Waals surface area contributed by atoms with E-state index in [1.165, 1.54) is 0 Å². The van der Waals surface area contributed by atoms with Gasteiger partial charge in [0.1, 0.15) is 0 Å². The second kappa shape index (κ2) is 7.49. The lowest BCUT2D eigenvalue weighted by molar-refractivity contribution is 0.119. The molecule has 2 unspecified atom stereocenters. The van der Waals surface area contributed by atoms with Gasteiger partial charge in [-0.25, -0.2) is 0 Å². The molecule has 0 aliphatic carbocycles. The minimum Gasteiger partial charge on any atom is -0.396 e. The average molecular weight is 176 g/mol. The Balaban J connectivity index is 3.39. The Morgan fingerprint density at radius 3 is 2.33 bits per heavy atom. The van der Waals surface area contributed by atoms with Crippen LogP contribution in [-0.2, 0) is 0 Å². The molecule has 2 atom stereocenters. The summed E-state index contributed by atoms with van der Waals surface area (Å²) >= 11 is 0. The molecule has 0 rings (SSSR count). The third-order valence-electron chi connectivity index (χ3n) is 1.89. The molecule has 74 valence electrons. The molecule has 0 saturated carbocycles. The van der Waals surface area contributed by atoms with E-state index in [-0.39, 0.29) is 12.6 Å². The largest absolute Gasteiger partial charge is 0.396 e. The highest BCUT2D eigenvalue weighted by Gasteiger charge is 2.12. The van der Waals surface area contributed by atoms with Crippen LogP contribution in [0.3, 0.4) is 0 Å². The molecule has 4 nitrogen and oxygen atoms in total. The van der Waals surface area contributed by atoms with E-state index in [4.69, 9.17) is 16.6 Å². The predicted molar refractivity (Wildman–Crippen MR) is 48.6 cm³/mol. The van der Waals surface area contributed by atoms with Crippen LogP contribution in [0.4, 0.5) is 0 Å². The molecular weight excluding hydrogens is 156 g/mol. The molecule has 0 amide bonds. The molecule has 0 aromatic rings. The molecule has 0 radical (unpaired) electrons. The van der Waals surface area contributed by atoms with Crippen LogP contribution in [0.1, 0.15) is 25.7 Å². The Labute approximate surface area is 73.6 Å². The van der Waals surface area contributed by atoms with Crippen molar-refractivity contribution in [1.82, 2.24) is 0 Å². The van der Waals surface area contributed by atoms with Crippen LogP contribution in [0.25, 0.3) is 0 Å². The van der Waals surface area contributed by atoms with Crippen molar-refractivity contribution in [2.24, 2.45) is 11.5 Å². The number of hydrogen-bond acceptors (Lipinski definition) is 4. The lowest BCUT2D eigenvalue weighted by Crippen LogP contribution is -2.35. The molecule has 0 aliphatic rings. The van der Waals surface area contributed by atoms with Crippen LogP contribution in [0, 0.1) is 0 Å². The van der Waals surface area contributed by atoms with E-state index in [2.05, 4.69) is 0 Å². The SMILES string of the molecule is NCCCC(N)C(O)CCCO. The Kier molecular flexibility index (Phi) is 7.39. The summed E-state index contributed by atoms with van der Waals surface area (Å²) in [4.78, 5) is 0. The molecule has 4 heteroatoms.